The quantitative estimate of drug-likeness (QED) is 0.799. The first-order valence-corrected chi connectivity index (χ1v) is 5.30. The van der Waals surface area contributed by atoms with Crippen molar-refractivity contribution < 1.29 is 9.53 Å². The zero-order chi connectivity index (χ0) is 12.8. The highest BCUT2D eigenvalue weighted by Gasteiger charge is 2.23. The first-order valence-electron chi connectivity index (χ1n) is 5.30. The lowest BCUT2D eigenvalue weighted by Crippen LogP contribution is -2.35. The van der Waals surface area contributed by atoms with Crippen LogP contribution in [0.2, 0.25) is 0 Å². The van der Waals surface area contributed by atoms with E-state index in [-0.39, 0.29) is 11.9 Å². The summed E-state index contributed by atoms with van der Waals surface area (Å²) in [4.78, 5) is 15.6. The molecule has 5 heteroatoms. The molecule has 0 spiro atoms. The van der Waals surface area contributed by atoms with E-state index in [9.17, 15) is 4.79 Å². The number of rotatable bonds is 4. The van der Waals surface area contributed by atoms with E-state index in [0.29, 0.717) is 11.5 Å². The monoisotopic (exact) mass is 233 g/mol. The number of carbonyl (C=O) groups excluding carboxylic acids is 1. The lowest BCUT2D eigenvalue weighted by molar-refractivity contribution is -0.142. The fourth-order valence-electron chi connectivity index (χ4n) is 1.36. The highest BCUT2D eigenvalue weighted by molar-refractivity contribution is 5.79. The van der Waals surface area contributed by atoms with E-state index >= 15 is 0 Å². The molecular weight excluding hydrogens is 218 g/mol. The summed E-state index contributed by atoms with van der Waals surface area (Å²) in [5.74, 6) is 0.215. The van der Waals surface area contributed by atoms with Crippen LogP contribution in [0.4, 0.5) is 5.82 Å². The Balaban J connectivity index is 2.86. The van der Waals surface area contributed by atoms with Crippen LogP contribution in [0.3, 0.4) is 0 Å². The fourth-order valence-corrected chi connectivity index (χ4v) is 1.36. The van der Waals surface area contributed by atoms with E-state index in [1.54, 1.807) is 18.2 Å². The molecule has 1 aromatic heterocycles. The van der Waals surface area contributed by atoms with Gasteiger partial charge in [0.05, 0.1) is 7.11 Å². The van der Waals surface area contributed by atoms with Gasteiger partial charge < -0.3 is 10.1 Å². The van der Waals surface area contributed by atoms with Gasteiger partial charge in [-0.25, -0.2) is 9.78 Å². The predicted molar refractivity (Wildman–Crippen MR) is 63.2 cm³/mol. The maximum atomic E-state index is 11.5. The van der Waals surface area contributed by atoms with Gasteiger partial charge >= 0.3 is 5.97 Å². The molecule has 0 radical (unpaired) electrons. The number of ether oxygens (including phenoxy) is 1. The number of esters is 1. The third-order valence-electron chi connectivity index (χ3n) is 2.29. The molecule has 90 valence electrons. The number of carbonyl (C=O) groups is 1. The number of hydrogen-bond donors (Lipinski definition) is 1. The number of hydrogen-bond acceptors (Lipinski definition) is 5. The van der Waals surface area contributed by atoms with Crippen LogP contribution in [0.15, 0.2) is 18.2 Å². The molecule has 1 rings (SSSR count). The van der Waals surface area contributed by atoms with E-state index in [0.717, 1.165) is 0 Å². The topological polar surface area (TPSA) is 75.0 Å². The Hall–Kier alpha value is -2.09. The standard InChI is InChI=1S/C12H15N3O2/c1-8(2)11(12(16)17-3)15-10-6-4-5-9(7-13)14-10/h4-6,8,11H,1-3H3,(H,14,15). The molecule has 1 atom stereocenters. The molecule has 0 aliphatic heterocycles. The van der Waals surface area contributed by atoms with Crippen molar-refractivity contribution in [2.24, 2.45) is 5.92 Å². The second kappa shape index (κ2) is 5.85. The van der Waals surface area contributed by atoms with Gasteiger partial charge in [-0.05, 0) is 18.1 Å². The largest absolute Gasteiger partial charge is 0.467 e. The van der Waals surface area contributed by atoms with Crippen molar-refractivity contribution >= 4 is 11.8 Å². The molecule has 0 saturated heterocycles. The summed E-state index contributed by atoms with van der Waals surface area (Å²) in [5.41, 5.74) is 0.308. The average molecular weight is 233 g/mol. The first kappa shape index (κ1) is 13.0. The smallest absolute Gasteiger partial charge is 0.328 e. The zero-order valence-electron chi connectivity index (χ0n) is 10.1. The van der Waals surface area contributed by atoms with Gasteiger partial charge in [0.25, 0.3) is 0 Å². The molecule has 1 N–H and O–H groups in total. The minimum atomic E-state index is -0.471. The van der Waals surface area contributed by atoms with Gasteiger partial charge in [0.1, 0.15) is 23.6 Å². The molecule has 0 aromatic carbocycles. The summed E-state index contributed by atoms with van der Waals surface area (Å²) < 4.78 is 4.71. The molecule has 1 heterocycles. The van der Waals surface area contributed by atoms with Gasteiger partial charge in [-0.3, -0.25) is 0 Å². The van der Waals surface area contributed by atoms with E-state index in [1.807, 2.05) is 19.9 Å². The van der Waals surface area contributed by atoms with Gasteiger partial charge in [-0.15, -0.1) is 0 Å². The third-order valence-corrected chi connectivity index (χ3v) is 2.29. The summed E-state index contributed by atoms with van der Waals surface area (Å²) in [6, 6.07) is 6.50. The maximum absolute atomic E-state index is 11.5. The Morgan fingerprint density at radius 3 is 2.76 bits per heavy atom. The van der Waals surface area contributed by atoms with Crippen molar-refractivity contribution in [1.29, 1.82) is 5.26 Å². The molecule has 17 heavy (non-hydrogen) atoms. The van der Waals surface area contributed by atoms with Crippen molar-refractivity contribution in [2.45, 2.75) is 19.9 Å². The molecule has 0 aliphatic carbocycles. The molecule has 0 aliphatic rings. The van der Waals surface area contributed by atoms with E-state index in [4.69, 9.17) is 10.00 Å². The number of aromatic nitrogens is 1. The van der Waals surface area contributed by atoms with Crippen molar-refractivity contribution in [2.75, 3.05) is 12.4 Å². The summed E-state index contributed by atoms with van der Waals surface area (Å²) in [7, 11) is 1.35. The summed E-state index contributed by atoms with van der Waals surface area (Å²) in [6.07, 6.45) is 0. The lowest BCUT2D eigenvalue weighted by atomic mass is 10.0. The molecule has 5 nitrogen and oxygen atoms in total. The molecule has 0 saturated carbocycles. The van der Waals surface area contributed by atoms with Crippen LogP contribution < -0.4 is 5.32 Å². The van der Waals surface area contributed by atoms with Crippen LogP contribution in [-0.4, -0.2) is 24.1 Å². The van der Waals surface area contributed by atoms with Crippen LogP contribution in [0, 0.1) is 17.2 Å². The van der Waals surface area contributed by atoms with Crippen LogP contribution in [0.25, 0.3) is 0 Å². The maximum Gasteiger partial charge on any atom is 0.328 e. The van der Waals surface area contributed by atoms with Crippen LogP contribution in [0.1, 0.15) is 19.5 Å². The summed E-state index contributed by atoms with van der Waals surface area (Å²) >= 11 is 0. The van der Waals surface area contributed by atoms with E-state index in [1.165, 1.54) is 7.11 Å². The van der Waals surface area contributed by atoms with E-state index < -0.39 is 6.04 Å². The molecule has 1 unspecified atom stereocenters. The summed E-state index contributed by atoms with van der Waals surface area (Å²) in [6.45, 7) is 3.81. The number of nitrogens with zero attached hydrogens (tertiary/aromatic N) is 2. The van der Waals surface area contributed by atoms with Crippen LogP contribution in [0.5, 0.6) is 0 Å². The summed E-state index contributed by atoms with van der Waals surface area (Å²) in [5, 5.41) is 11.7. The lowest BCUT2D eigenvalue weighted by Gasteiger charge is -2.20. The van der Waals surface area contributed by atoms with E-state index in [2.05, 4.69) is 10.3 Å². The minimum Gasteiger partial charge on any atom is -0.467 e. The number of pyridine rings is 1. The highest BCUT2D eigenvalue weighted by Crippen LogP contribution is 2.12. The van der Waals surface area contributed by atoms with Crippen LogP contribution in [-0.2, 0) is 9.53 Å². The van der Waals surface area contributed by atoms with Gasteiger partial charge in [-0.1, -0.05) is 19.9 Å². The molecular formula is C12H15N3O2. The Morgan fingerprint density at radius 2 is 2.24 bits per heavy atom. The third kappa shape index (κ3) is 3.45. The highest BCUT2D eigenvalue weighted by atomic mass is 16.5. The number of anilines is 1. The van der Waals surface area contributed by atoms with Crippen molar-refractivity contribution in [3.05, 3.63) is 23.9 Å². The Bertz CT molecular complexity index is 438. The molecule has 0 fully saturated rings. The average Bonchev–Trinajstić information content (AvgIpc) is 2.35. The second-order valence-corrected chi connectivity index (χ2v) is 3.91. The second-order valence-electron chi connectivity index (χ2n) is 3.91. The van der Waals surface area contributed by atoms with Gasteiger partial charge in [0, 0.05) is 0 Å². The number of nitrogens with one attached hydrogen (secondary N) is 1. The van der Waals surface area contributed by atoms with Gasteiger partial charge in [0.15, 0.2) is 0 Å². The van der Waals surface area contributed by atoms with Crippen molar-refractivity contribution in [3.63, 3.8) is 0 Å². The van der Waals surface area contributed by atoms with Crippen molar-refractivity contribution in [1.82, 2.24) is 4.98 Å². The Labute approximate surface area is 100 Å². The van der Waals surface area contributed by atoms with Gasteiger partial charge in [-0.2, -0.15) is 5.26 Å². The van der Waals surface area contributed by atoms with Gasteiger partial charge in [0.2, 0.25) is 0 Å². The first-order chi connectivity index (χ1) is 8.08. The number of methoxy groups -OCH3 is 1. The van der Waals surface area contributed by atoms with Crippen LogP contribution >= 0.6 is 0 Å². The Morgan fingerprint density at radius 1 is 1.53 bits per heavy atom. The SMILES string of the molecule is COC(=O)C(Nc1cccc(C#N)n1)C(C)C. The normalized spacial score (nSPS) is 11.7. The molecule has 1 aromatic rings. The minimum absolute atomic E-state index is 0.0648. The zero-order valence-corrected chi connectivity index (χ0v) is 10.1. The Kier molecular flexibility index (Phi) is 4.46. The fraction of sp³-hybridized carbons (Fsp3) is 0.417. The predicted octanol–water partition coefficient (Wildman–Crippen LogP) is 1.56. The molecule has 0 amide bonds. The van der Waals surface area contributed by atoms with Crippen molar-refractivity contribution in [3.8, 4) is 6.07 Å². The number of nitriles is 1. The molecule has 0 bridgehead atoms.